The first-order chi connectivity index (χ1) is 12.0. The van der Waals surface area contributed by atoms with Gasteiger partial charge in [0, 0.05) is 17.3 Å². The van der Waals surface area contributed by atoms with Crippen LogP contribution in [0.15, 0.2) is 18.2 Å². The largest absolute Gasteiger partial charge is 0.353 e. The molecule has 4 nitrogen and oxygen atoms in total. The summed E-state index contributed by atoms with van der Waals surface area (Å²) < 4.78 is 1.82. The normalized spacial score (nSPS) is 15.4. The van der Waals surface area contributed by atoms with Gasteiger partial charge in [0.05, 0.1) is 27.8 Å². The quantitative estimate of drug-likeness (QED) is 0.829. The summed E-state index contributed by atoms with van der Waals surface area (Å²) in [5, 5.41) is 8.76. The molecule has 0 aliphatic heterocycles. The maximum atomic E-state index is 12.4. The van der Waals surface area contributed by atoms with E-state index in [1.165, 1.54) is 19.3 Å². The molecule has 2 aromatic rings. The molecular formula is C19H23Cl2N3O. The highest BCUT2D eigenvalue weighted by Crippen LogP contribution is 2.26. The second-order valence-electron chi connectivity index (χ2n) is 6.74. The molecule has 1 N–H and O–H groups in total. The lowest BCUT2D eigenvalue weighted by Crippen LogP contribution is -2.37. The van der Waals surface area contributed by atoms with Crippen LogP contribution in [0.2, 0.25) is 10.0 Å². The Balaban J connectivity index is 1.77. The fraction of sp³-hybridized carbons (Fsp3) is 0.474. The van der Waals surface area contributed by atoms with Crippen LogP contribution >= 0.6 is 23.2 Å². The van der Waals surface area contributed by atoms with Gasteiger partial charge in [-0.05, 0) is 44.9 Å². The van der Waals surface area contributed by atoms with Crippen LogP contribution in [0.1, 0.15) is 49.1 Å². The van der Waals surface area contributed by atoms with Gasteiger partial charge in [-0.15, -0.1) is 0 Å². The number of carbonyl (C=O) groups excluding carboxylic acids is 1. The molecule has 1 amide bonds. The fourth-order valence-corrected chi connectivity index (χ4v) is 3.78. The lowest BCUT2D eigenvalue weighted by atomic mass is 9.95. The van der Waals surface area contributed by atoms with Crippen molar-refractivity contribution in [1.29, 1.82) is 0 Å². The third-order valence-electron chi connectivity index (χ3n) is 4.90. The van der Waals surface area contributed by atoms with Crippen molar-refractivity contribution in [3.05, 3.63) is 45.2 Å². The van der Waals surface area contributed by atoms with Crippen molar-refractivity contribution in [3.8, 4) is 5.69 Å². The van der Waals surface area contributed by atoms with E-state index < -0.39 is 0 Å². The molecule has 6 heteroatoms. The van der Waals surface area contributed by atoms with Crippen LogP contribution in [0.4, 0.5) is 0 Å². The number of nitrogens with zero attached hydrogens (tertiary/aromatic N) is 2. The van der Waals surface area contributed by atoms with Crippen LogP contribution in [-0.2, 0) is 11.2 Å². The van der Waals surface area contributed by atoms with E-state index >= 15 is 0 Å². The Morgan fingerprint density at radius 2 is 1.92 bits per heavy atom. The van der Waals surface area contributed by atoms with Crippen LogP contribution in [0.25, 0.3) is 5.69 Å². The molecule has 0 spiro atoms. The summed E-state index contributed by atoms with van der Waals surface area (Å²) >= 11 is 12.1. The zero-order valence-electron chi connectivity index (χ0n) is 14.6. The SMILES string of the molecule is Cc1nn(-c2ccc(Cl)c(Cl)c2)c(C)c1CC(=O)NC1CCCCC1. The molecule has 1 aliphatic rings. The molecule has 1 heterocycles. The van der Waals surface area contributed by atoms with Crippen LogP contribution in [-0.4, -0.2) is 21.7 Å². The second kappa shape index (κ2) is 7.79. The van der Waals surface area contributed by atoms with Crippen LogP contribution in [0, 0.1) is 13.8 Å². The highest BCUT2D eigenvalue weighted by atomic mass is 35.5. The number of aromatic nitrogens is 2. The molecule has 0 bridgehead atoms. The fourth-order valence-electron chi connectivity index (χ4n) is 3.49. The first-order valence-electron chi connectivity index (χ1n) is 8.75. The average molecular weight is 380 g/mol. The van der Waals surface area contributed by atoms with E-state index in [9.17, 15) is 4.79 Å². The first kappa shape index (κ1) is 18.3. The van der Waals surface area contributed by atoms with Gasteiger partial charge in [-0.2, -0.15) is 5.10 Å². The number of hydrogen-bond acceptors (Lipinski definition) is 2. The molecule has 0 saturated heterocycles. The van der Waals surface area contributed by atoms with Gasteiger partial charge in [-0.3, -0.25) is 4.79 Å². The van der Waals surface area contributed by atoms with E-state index in [0.717, 1.165) is 35.5 Å². The Morgan fingerprint density at radius 1 is 1.20 bits per heavy atom. The minimum absolute atomic E-state index is 0.0757. The maximum absolute atomic E-state index is 12.4. The number of hydrogen-bond donors (Lipinski definition) is 1. The number of rotatable bonds is 4. The monoisotopic (exact) mass is 379 g/mol. The molecule has 134 valence electrons. The highest BCUT2D eigenvalue weighted by molar-refractivity contribution is 6.42. The predicted octanol–water partition coefficient (Wildman–Crippen LogP) is 4.79. The van der Waals surface area contributed by atoms with Crippen molar-refractivity contribution in [1.82, 2.24) is 15.1 Å². The van der Waals surface area contributed by atoms with Crippen molar-refractivity contribution in [2.24, 2.45) is 0 Å². The summed E-state index contributed by atoms with van der Waals surface area (Å²) in [6.07, 6.45) is 6.23. The third kappa shape index (κ3) is 4.18. The number of amides is 1. The van der Waals surface area contributed by atoms with Gasteiger partial charge in [0.2, 0.25) is 5.91 Å². The molecule has 3 rings (SSSR count). The molecule has 0 unspecified atom stereocenters. The summed E-state index contributed by atoms with van der Waals surface area (Å²) in [7, 11) is 0. The van der Waals surface area contributed by atoms with Crippen molar-refractivity contribution in [2.45, 2.75) is 58.4 Å². The zero-order valence-corrected chi connectivity index (χ0v) is 16.1. The molecule has 0 radical (unpaired) electrons. The van der Waals surface area contributed by atoms with Gasteiger partial charge in [0.25, 0.3) is 0 Å². The molecule has 25 heavy (non-hydrogen) atoms. The molecule has 0 atom stereocenters. The first-order valence-corrected chi connectivity index (χ1v) is 9.51. The summed E-state index contributed by atoms with van der Waals surface area (Å²) in [4.78, 5) is 12.4. The molecular weight excluding hydrogens is 357 g/mol. The number of benzene rings is 1. The number of halogens is 2. The van der Waals surface area contributed by atoms with Crippen LogP contribution < -0.4 is 5.32 Å². The Bertz CT molecular complexity index is 779. The third-order valence-corrected chi connectivity index (χ3v) is 5.64. The Labute approximate surface area is 158 Å². The summed E-state index contributed by atoms with van der Waals surface area (Å²) in [6.45, 7) is 3.91. The predicted molar refractivity (Wildman–Crippen MR) is 102 cm³/mol. The van der Waals surface area contributed by atoms with E-state index in [1.807, 2.05) is 24.6 Å². The van der Waals surface area contributed by atoms with Crippen molar-refractivity contribution in [3.63, 3.8) is 0 Å². The van der Waals surface area contributed by atoms with Crippen molar-refractivity contribution in [2.75, 3.05) is 0 Å². The molecule has 1 aliphatic carbocycles. The average Bonchev–Trinajstić information content (AvgIpc) is 2.86. The lowest BCUT2D eigenvalue weighted by Gasteiger charge is -2.22. The van der Waals surface area contributed by atoms with Crippen molar-refractivity contribution >= 4 is 29.1 Å². The van der Waals surface area contributed by atoms with E-state index in [1.54, 1.807) is 12.1 Å². The van der Waals surface area contributed by atoms with E-state index in [-0.39, 0.29) is 5.91 Å². The Hall–Kier alpha value is -1.52. The topological polar surface area (TPSA) is 46.9 Å². The van der Waals surface area contributed by atoms with Gasteiger partial charge in [-0.25, -0.2) is 4.68 Å². The van der Waals surface area contributed by atoms with Crippen LogP contribution in [0.5, 0.6) is 0 Å². The van der Waals surface area contributed by atoms with Gasteiger partial charge in [0.15, 0.2) is 0 Å². The smallest absolute Gasteiger partial charge is 0.224 e. The van der Waals surface area contributed by atoms with Gasteiger partial charge < -0.3 is 5.32 Å². The minimum Gasteiger partial charge on any atom is -0.353 e. The van der Waals surface area contributed by atoms with Crippen molar-refractivity contribution < 1.29 is 4.79 Å². The zero-order chi connectivity index (χ0) is 18.0. The standard InChI is InChI=1S/C19H23Cl2N3O/c1-12-16(11-19(25)22-14-6-4-3-5-7-14)13(2)24(23-12)15-8-9-17(20)18(21)10-15/h8-10,14H,3-7,11H2,1-2H3,(H,22,25). The number of nitrogens with one attached hydrogen (secondary N) is 1. The molecule has 1 aromatic carbocycles. The Kier molecular flexibility index (Phi) is 5.70. The van der Waals surface area contributed by atoms with E-state index in [0.29, 0.717) is 22.5 Å². The molecule has 1 fully saturated rings. The van der Waals surface area contributed by atoms with Gasteiger partial charge >= 0.3 is 0 Å². The summed E-state index contributed by atoms with van der Waals surface area (Å²) in [5.74, 6) is 0.0757. The van der Waals surface area contributed by atoms with Crippen LogP contribution in [0.3, 0.4) is 0 Å². The number of carbonyl (C=O) groups is 1. The van der Waals surface area contributed by atoms with E-state index in [4.69, 9.17) is 23.2 Å². The highest BCUT2D eigenvalue weighted by Gasteiger charge is 2.19. The molecule has 1 aromatic heterocycles. The Morgan fingerprint density at radius 3 is 2.60 bits per heavy atom. The summed E-state index contributed by atoms with van der Waals surface area (Å²) in [6, 6.07) is 5.74. The minimum atomic E-state index is 0.0757. The lowest BCUT2D eigenvalue weighted by molar-refractivity contribution is -0.121. The maximum Gasteiger partial charge on any atom is 0.224 e. The number of aryl methyl sites for hydroxylation is 1. The second-order valence-corrected chi connectivity index (χ2v) is 7.55. The van der Waals surface area contributed by atoms with Gasteiger partial charge in [0.1, 0.15) is 0 Å². The molecule has 1 saturated carbocycles. The summed E-state index contributed by atoms with van der Waals surface area (Å²) in [5.41, 5.74) is 3.63. The van der Waals surface area contributed by atoms with Gasteiger partial charge in [-0.1, -0.05) is 42.5 Å². The van der Waals surface area contributed by atoms with E-state index in [2.05, 4.69) is 10.4 Å².